The number of hydrogen-bond acceptors (Lipinski definition) is 2. The van der Waals surface area contributed by atoms with Gasteiger partial charge in [-0.3, -0.25) is 0 Å². The van der Waals surface area contributed by atoms with Crippen molar-refractivity contribution in [1.82, 2.24) is 5.32 Å². The number of nitrogens with one attached hydrogen (secondary N) is 2. The van der Waals surface area contributed by atoms with Crippen molar-refractivity contribution in [2.24, 2.45) is 0 Å². The van der Waals surface area contributed by atoms with Crippen LogP contribution in [0.15, 0.2) is 42.5 Å². The molecule has 0 spiro atoms. The fraction of sp³-hybridized carbons (Fsp3) is 0.278. The van der Waals surface area contributed by atoms with E-state index in [2.05, 4.69) is 10.6 Å². The maximum atomic E-state index is 11.9. The Bertz CT molecular complexity index is 674. The van der Waals surface area contributed by atoms with Gasteiger partial charge < -0.3 is 15.4 Å². The molecule has 2 N–H and O–H groups in total. The highest BCUT2D eigenvalue weighted by atomic mass is 35.5. The summed E-state index contributed by atoms with van der Waals surface area (Å²) in [5.41, 5.74) is 2.67. The van der Waals surface area contributed by atoms with Gasteiger partial charge >= 0.3 is 6.03 Å². The Balaban J connectivity index is 1.69. The molecule has 0 fully saturated rings. The smallest absolute Gasteiger partial charge is 0.319 e. The van der Waals surface area contributed by atoms with E-state index in [-0.39, 0.29) is 6.03 Å². The van der Waals surface area contributed by atoms with Crippen molar-refractivity contribution in [3.05, 3.63) is 58.6 Å². The van der Waals surface area contributed by atoms with Crippen molar-refractivity contribution in [1.29, 1.82) is 0 Å². The third kappa shape index (κ3) is 5.18. The Morgan fingerprint density at radius 2 is 1.91 bits per heavy atom. The van der Waals surface area contributed by atoms with E-state index in [0.29, 0.717) is 23.9 Å². The van der Waals surface area contributed by atoms with Gasteiger partial charge in [-0.05, 0) is 49.6 Å². The summed E-state index contributed by atoms with van der Waals surface area (Å²) >= 11 is 6.03. The predicted molar refractivity (Wildman–Crippen MR) is 94.5 cm³/mol. The lowest BCUT2D eigenvalue weighted by Crippen LogP contribution is -2.30. The number of urea groups is 1. The lowest BCUT2D eigenvalue weighted by atomic mass is 10.2. The SMILES string of the molecule is Cc1ccccc1OCCCNC(=O)Nc1cccc(Cl)c1C. The monoisotopic (exact) mass is 332 g/mol. The van der Waals surface area contributed by atoms with Crippen molar-refractivity contribution >= 4 is 23.3 Å². The van der Waals surface area contributed by atoms with Gasteiger partial charge in [-0.15, -0.1) is 0 Å². The van der Waals surface area contributed by atoms with Gasteiger partial charge in [0.1, 0.15) is 5.75 Å². The van der Waals surface area contributed by atoms with Crippen LogP contribution >= 0.6 is 11.6 Å². The third-order valence-electron chi connectivity index (χ3n) is 3.47. The molecule has 122 valence electrons. The Morgan fingerprint density at radius 1 is 1.13 bits per heavy atom. The fourth-order valence-electron chi connectivity index (χ4n) is 2.08. The zero-order valence-electron chi connectivity index (χ0n) is 13.4. The minimum atomic E-state index is -0.244. The summed E-state index contributed by atoms with van der Waals surface area (Å²) in [6, 6.07) is 13.1. The molecular weight excluding hydrogens is 312 g/mol. The number of amides is 2. The molecule has 0 heterocycles. The van der Waals surface area contributed by atoms with Gasteiger partial charge in [0.2, 0.25) is 0 Å². The highest BCUT2D eigenvalue weighted by Crippen LogP contribution is 2.22. The quantitative estimate of drug-likeness (QED) is 0.762. The molecular formula is C18H21ClN2O2. The molecule has 0 radical (unpaired) electrons. The van der Waals surface area contributed by atoms with Crippen LogP contribution in [0.3, 0.4) is 0 Å². The van der Waals surface area contributed by atoms with Crippen molar-refractivity contribution in [2.75, 3.05) is 18.5 Å². The number of ether oxygens (including phenoxy) is 1. The van der Waals surface area contributed by atoms with Crippen LogP contribution in [0.25, 0.3) is 0 Å². The molecule has 0 unspecified atom stereocenters. The number of carbonyl (C=O) groups excluding carboxylic acids is 1. The fourth-order valence-corrected chi connectivity index (χ4v) is 2.26. The van der Waals surface area contributed by atoms with Gasteiger partial charge in [-0.25, -0.2) is 4.79 Å². The summed E-state index contributed by atoms with van der Waals surface area (Å²) in [7, 11) is 0. The normalized spacial score (nSPS) is 10.2. The summed E-state index contributed by atoms with van der Waals surface area (Å²) in [6.07, 6.45) is 0.732. The van der Waals surface area contributed by atoms with Crippen LogP contribution in [0.1, 0.15) is 17.5 Å². The highest BCUT2D eigenvalue weighted by Gasteiger charge is 2.06. The molecule has 5 heteroatoms. The number of carbonyl (C=O) groups is 1. The van der Waals surface area contributed by atoms with Gasteiger partial charge in [0.15, 0.2) is 0 Å². The van der Waals surface area contributed by atoms with Gasteiger partial charge in [-0.1, -0.05) is 35.9 Å². The standard InChI is InChI=1S/C18H21ClN2O2/c1-13-7-3-4-10-17(13)23-12-6-11-20-18(22)21-16-9-5-8-15(19)14(16)2/h3-5,7-10H,6,11-12H2,1-2H3,(H2,20,21,22). The Hall–Kier alpha value is -2.20. The van der Waals surface area contributed by atoms with Crippen LogP contribution in [-0.4, -0.2) is 19.2 Å². The number of benzene rings is 2. The summed E-state index contributed by atoms with van der Waals surface area (Å²) < 4.78 is 5.68. The zero-order chi connectivity index (χ0) is 16.7. The van der Waals surface area contributed by atoms with Gasteiger partial charge in [0.05, 0.1) is 6.61 Å². The first-order valence-electron chi connectivity index (χ1n) is 7.56. The van der Waals surface area contributed by atoms with E-state index in [1.807, 2.05) is 44.2 Å². The minimum absolute atomic E-state index is 0.244. The van der Waals surface area contributed by atoms with Crippen LogP contribution in [0.2, 0.25) is 5.02 Å². The average molecular weight is 333 g/mol. The van der Waals surface area contributed by atoms with E-state index in [4.69, 9.17) is 16.3 Å². The molecule has 0 saturated carbocycles. The molecule has 0 atom stereocenters. The Kier molecular flexibility index (Phi) is 6.29. The predicted octanol–water partition coefficient (Wildman–Crippen LogP) is 4.55. The lowest BCUT2D eigenvalue weighted by Gasteiger charge is -2.11. The van der Waals surface area contributed by atoms with Gasteiger partial charge in [-0.2, -0.15) is 0 Å². The van der Waals surface area contributed by atoms with Crippen molar-refractivity contribution in [3.63, 3.8) is 0 Å². The van der Waals surface area contributed by atoms with Crippen LogP contribution in [0.5, 0.6) is 5.75 Å². The van der Waals surface area contributed by atoms with E-state index in [0.717, 1.165) is 23.3 Å². The van der Waals surface area contributed by atoms with Crippen LogP contribution < -0.4 is 15.4 Å². The van der Waals surface area contributed by atoms with E-state index in [1.165, 1.54) is 0 Å². The van der Waals surface area contributed by atoms with Crippen molar-refractivity contribution in [2.45, 2.75) is 20.3 Å². The number of aryl methyl sites for hydroxylation is 1. The Labute approximate surface area is 141 Å². The largest absolute Gasteiger partial charge is 0.493 e. The number of anilines is 1. The summed E-state index contributed by atoms with van der Waals surface area (Å²) in [5.74, 6) is 0.881. The molecule has 2 aromatic rings. The summed E-state index contributed by atoms with van der Waals surface area (Å²) in [4.78, 5) is 11.9. The Morgan fingerprint density at radius 3 is 2.70 bits per heavy atom. The van der Waals surface area contributed by atoms with E-state index < -0.39 is 0 Å². The molecule has 0 saturated heterocycles. The third-order valence-corrected chi connectivity index (χ3v) is 3.88. The molecule has 0 aromatic heterocycles. The topological polar surface area (TPSA) is 50.4 Å². The molecule has 4 nitrogen and oxygen atoms in total. The second-order valence-corrected chi connectivity index (χ2v) is 5.67. The molecule has 0 aliphatic heterocycles. The molecule has 2 amide bonds. The van der Waals surface area contributed by atoms with Gasteiger partial charge in [0, 0.05) is 17.3 Å². The first kappa shape index (κ1) is 17.2. The average Bonchev–Trinajstić information content (AvgIpc) is 2.53. The van der Waals surface area contributed by atoms with Crippen molar-refractivity contribution < 1.29 is 9.53 Å². The second-order valence-electron chi connectivity index (χ2n) is 5.26. The van der Waals surface area contributed by atoms with E-state index in [1.54, 1.807) is 12.1 Å². The molecule has 2 aromatic carbocycles. The van der Waals surface area contributed by atoms with E-state index >= 15 is 0 Å². The van der Waals surface area contributed by atoms with Crippen molar-refractivity contribution in [3.8, 4) is 5.75 Å². The van der Waals surface area contributed by atoms with Crippen LogP contribution in [0, 0.1) is 13.8 Å². The molecule has 0 aliphatic rings. The van der Waals surface area contributed by atoms with E-state index in [9.17, 15) is 4.79 Å². The lowest BCUT2D eigenvalue weighted by molar-refractivity contribution is 0.250. The first-order valence-corrected chi connectivity index (χ1v) is 7.94. The first-order chi connectivity index (χ1) is 11.1. The molecule has 2 rings (SSSR count). The van der Waals surface area contributed by atoms with Gasteiger partial charge in [0.25, 0.3) is 0 Å². The summed E-state index contributed by atoms with van der Waals surface area (Å²) in [6.45, 7) is 4.97. The number of halogens is 1. The number of para-hydroxylation sites is 1. The maximum absolute atomic E-state index is 11.9. The molecule has 0 aliphatic carbocycles. The minimum Gasteiger partial charge on any atom is -0.493 e. The maximum Gasteiger partial charge on any atom is 0.319 e. The zero-order valence-corrected chi connectivity index (χ0v) is 14.1. The highest BCUT2D eigenvalue weighted by molar-refractivity contribution is 6.31. The second kappa shape index (κ2) is 8.44. The molecule has 0 bridgehead atoms. The number of hydrogen-bond donors (Lipinski definition) is 2. The summed E-state index contributed by atoms with van der Waals surface area (Å²) in [5, 5.41) is 6.23. The van der Waals surface area contributed by atoms with Crippen LogP contribution in [-0.2, 0) is 0 Å². The molecule has 23 heavy (non-hydrogen) atoms. The number of rotatable bonds is 6. The van der Waals surface area contributed by atoms with Crippen LogP contribution in [0.4, 0.5) is 10.5 Å².